The number of nitrogens with zero attached hydrogens (tertiary/aromatic N) is 2. The van der Waals surface area contributed by atoms with Crippen molar-refractivity contribution in [3.8, 4) is 0 Å². The summed E-state index contributed by atoms with van der Waals surface area (Å²) >= 11 is 3.28. The molecule has 0 amide bonds. The summed E-state index contributed by atoms with van der Waals surface area (Å²) in [6, 6.07) is 7.63. The number of rotatable bonds is 1. The van der Waals surface area contributed by atoms with E-state index in [-0.39, 0.29) is 5.78 Å². The number of pyridine rings is 2. The molecule has 2 aromatic heterocycles. The summed E-state index contributed by atoms with van der Waals surface area (Å²) in [6.07, 6.45) is 3.39. The van der Waals surface area contributed by atoms with Gasteiger partial charge in [-0.25, -0.2) is 4.98 Å². The molecule has 0 fully saturated rings. The average molecular weight is 307 g/mol. The molecule has 0 unspecified atom stereocenters. The second-order valence-electron chi connectivity index (χ2n) is 3.84. The third kappa shape index (κ3) is 4.37. The molecule has 4 heteroatoms. The molecule has 0 saturated heterocycles. The smallest absolute Gasteiger partial charge is 0.178 e. The van der Waals surface area contributed by atoms with Gasteiger partial charge in [-0.2, -0.15) is 0 Å². The van der Waals surface area contributed by atoms with E-state index in [0.717, 1.165) is 10.2 Å². The van der Waals surface area contributed by atoms with Crippen LogP contribution in [0.4, 0.5) is 0 Å². The van der Waals surface area contributed by atoms with E-state index < -0.39 is 0 Å². The summed E-state index contributed by atoms with van der Waals surface area (Å²) in [4.78, 5) is 18.7. The Morgan fingerprint density at radius 1 is 1.06 bits per heavy atom. The monoisotopic (exact) mass is 306 g/mol. The predicted octanol–water partition coefficient (Wildman–Crippen LogP) is 3.75. The number of hydrogen-bond acceptors (Lipinski definition) is 3. The van der Waals surface area contributed by atoms with Crippen LogP contribution in [0, 0.1) is 13.8 Å². The van der Waals surface area contributed by atoms with Crippen LogP contribution >= 0.6 is 15.9 Å². The molecule has 0 aliphatic rings. The first-order valence-electron chi connectivity index (χ1n) is 5.52. The van der Waals surface area contributed by atoms with Gasteiger partial charge < -0.3 is 0 Å². The van der Waals surface area contributed by atoms with Crippen molar-refractivity contribution in [2.24, 2.45) is 0 Å². The van der Waals surface area contributed by atoms with Crippen LogP contribution in [0.15, 0.2) is 41.3 Å². The van der Waals surface area contributed by atoms with E-state index in [2.05, 4.69) is 25.9 Å². The Kier molecular flexibility index (Phi) is 5.65. The zero-order chi connectivity index (χ0) is 13.5. The quantitative estimate of drug-likeness (QED) is 0.595. The highest BCUT2D eigenvalue weighted by Gasteiger charge is 2.01. The van der Waals surface area contributed by atoms with Crippen LogP contribution in [0.2, 0.25) is 0 Å². The van der Waals surface area contributed by atoms with Crippen LogP contribution < -0.4 is 0 Å². The maximum Gasteiger partial charge on any atom is 0.178 e. The molecule has 0 N–H and O–H groups in total. The van der Waals surface area contributed by atoms with Gasteiger partial charge in [0.1, 0.15) is 10.3 Å². The van der Waals surface area contributed by atoms with Crippen LogP contribution in [0.3, 0.4) is 0 Å². The van der Waals surface area contributed by atoms with E-state index in [1.54, 1.807) is 12.4 Å². The van der Waals surface area contributed by atoms with E-state index >= 15 is 0 Å². The lowest BCUT2D eigenvalue weighted by Gasteiger charge is -1.96. The van der Waals surface area contributed by atoms with Crippen molar-refractivity contribution >= 4 is 21.7 Å². The first-order chi connectivity index (χ1) is 8.52. The van der Waals surface area contributed by atoms with Gasteiger partial charge in [0.15, 0.2) is 5.78 Å². The maximum atomic E-state index is 10.8. The first kappa shape index (κ1) is 14.5. The highest BCUT2D eigenvalue weighted by molar-refractivity contribution is 9.10. The molecule has 2 aromatic rings. The zero-order valence-electron chi connectivity index (χ0n) is 10.6. The van der Waals surface area contributed by atoms with Crippen molar-refractivity contribution in [1.82, 2.24) is 9.97 Å². The molecule has 0 aromatic carbocycles. The van der Waals surface area contributed by atoms with Crippen molar-refractivity contribution in [2.75, 3.05) is 0 Å². The fourth-order valence-electron chi connectivity index (χ4n) is 1.32. The topological polar surface area (TPSA) is 42.9 Å². The molecular weight excluding hydrogens is 292 g/mol. The average Bonchev–Trinajstić information content (AvgIpc) is 2.34. The largest absolute Gasteiger partial charge is 0.293 e. The maximum absolute atomic E-state index is 10.8. The molecule has 2 rings (SSSR count). The molecule has 94 valence electrons. The molecule has 0 saturated carbocycles. The van der Waals surface area contributed by atoms with E-state index in [4.69, 9.17) is 0 Å². The van der Waals surface area contributed by atoms with Crippen molar-refractivity contribution in [2.45, 2.75) is 20.8 Å². The molecule has 0 atom stereocenters. The lowest BCUT2D eigenvalue weighted by atomic mass is 10.2. The molecule has 18 heavy (non-hydrogen) atoms. The normalized spacial score (nSPS) is 9.33. The minimum absolute atomic E-state index is 0.0260. The predicted molar refractivity (Wildman–Crippen MR) is 75.7 cm³/mol. The molecule has 0 aliphatic carbocycles. The van der Waals surface area contributed by atoms with Gasteiger partial charge in [0.2, 0.25) is 0 Å². The minimum Gasteiger partial charge on any atom is -0.293 e. The fourth-order valence-corrected chi connectivity index (χ4v) is 1.57. The van der Waals surface area contributed by atoms with Gasteiger partial charge in [0.05, 0.1) is 0 Å². The van der Waals surface area contributed by atoms with E-state index in [1.807, 2.05) is 38.1 Å². The van der Waals surface area contributed by atoms with Crippen LogP contribution in [0.5, 0.6) is 0 Å². The Balaban J connectivity index is 0.000000184. The van der Waals surface area contributed by atoms with Crippen molar-refractivity contribution < 1.29 is 4.79 Å². The lowest BCUT2D eigenvalue weighted by Crippen LogP contribution is -1.98. The summed E-state index contributed by atoms with van der Waals surface area (Å²) in [6.45, 7) is 5.41. The molecular formula is C14H15BrN2O. The van der Waals surface area contributed by atoms with E-state index in [0.29, 0.717) is 5.69 Å². The second-order valence-corrected chi connectivity index (χ2v) is 4.59. The Labute approximate surface area is 115 Å². The van der Waals surface area contributed by atoms with Crippen LogP contribution in [-0.4, -0.2) is 15.8 Å². The summed E-state index contributed by atoms with van der Waals surface area (Å²) in [7, 11) is 0. The summed E-state index contributed by atoms with van der Waals surface area (Å²) < 4.78 is 0.931. The molecule has 2 heterocycles. The fraction of sp³-hybridized carbons (Fsp3) is 0.214. The standard InChI is InChI=1S/C8H9NO.C6H6BrN/c1-6-4-3-5-9-8(6)7(2)10;1-5-3-2-4-8-6(5)7/h3-5H,1-2H3;2-4H,1H3. The van der Waals surface area contributed by atoms with E-state index in [9.17, 15) is 4.79 Å². The molecule has 0 bridgehead atoms. The lowest BCUT2D eigenvalue weighted by molar-refractivity contribution is 0.101. The van der Waals surface area contributed by atoms with Gasteiger partial charge in [0, 0.05) is 19.3 Å². The number of halogens is 1. The zero-order valence-corrected chi connectivity index (χ0v) is 12.2. The summed E-state index contributed by atoms with van der Waals surface area (Å²) in [5.74, 6) is 0.0260. The van der Waals surface area contributed by atoms with Crippen molar-refractivity contribution in [3.63, 3.8) is 0 Å². The molecule has 0 radical (unpaired) electrons. The van der Waals surface area contributed by atoms with Crippen molar-refractivity contribution in [1.29, 1.82) is 0 Å². The Morgan fingerprint density at radius 2 is 1.61 bits per heavy atom. The van der Waals surface area contributed by atoms with Gasteiger partial charge in [-0.05, 0) is 53.0 Å². The van der Waals surface area contributed by atoms with Crippen LogP contribution in [-0.2, 0) is 0 Å². The van der Waals surface area contributed by atoms with Crippen molar-refractivity contribution in [3.05, 3.63) is 58.1 Å². The minimum atomic E-state index is 0.0260. The Hall–Kier alpha value is -1.55. The van der Waals surface area contributed by atoms with E-state index in [1.165, 1.54) is 12.5 Å². The third-order valence-electron chi connectivity index (χ3n) is 2.29. The number of Topliss-reactive ketones (excluding diaryl/α,β-unsaturated/α-hetero) is 1. The highest BCUT2D eigenvalue weighted by atomic mass is 79.9. The number of aryl methyl sites for hydroxylation is 2. The second kappa shape index (κ2) is 7.01. The summed E-state index contributed by atoms with van der Waals surface area (Å²) in [5.41, 5.74) is 2.69. The van der Waals surface area contributed by atoms with Gasteiger partial charge >= 0.3 is 0 Å². The number of carbonyl (C=O) groups is 1. The molecule has 0 aliphatic heterocycles. The van der Waals surface area contributed by atoms with Crippen LogP contribution in [0.25, 0.3) is 0 Å². The first-order valence-corrected chi connectivity index (χ1v) is 6.31. The van der Waals surface area contributed by atoms with Gasteiger partial charge in [-0.3, -0.25) is 9.78 Å². The number of carbonyl (C=O) groups excluding carboxylic acids is 1. The number of ketones is 1. The Bertz CT molecular complexity index is 520. The van der Waals surface area contributed by atoms with Gasteiger partial charge in [-0.15, -0.1) is 0 Å². The molecule has 3 nitrogen and oxygen atoms in total. The van der Waals surface area contributed by atoms with Gasteiger partial charge in [-0.1, -0.05) is 12.1 Å². The summed E-state index contributed by atoms with van der Waals surface area (Å²) in [5, 5.41) is 0. The third-order valence-corrected chi connectivity index (χ3v) is 3.12. The highest BCUT2D eigenvalue weighted by Crippen LogP contribution is 2.09. The van der Waals surface area contributed by atoms with Crippen LogP contribution in [0.1, 0.15) is 28.5 Å². The molecule has 0 spiro atoms. The Morgan fingerprint density at radius 3 is 1.94 bits per heavy atom. The number of aromatic nitrogens is 2. The van der Waals surface area contributed by atoms with Gasteiger partial charge in [0.25, 0.3) is 0 Å². The number of hydrogen-bond donors (Lipinski definition) is 0. The SMILES string of the molecule is CC(=O)c1ncccc1C.Cc1cccnc1Br.